The lowest BCUT2D eigenvalue weighted by Gasteiger charge is -2.41. The molecular weight excluding hydrogens is 279 g/mol. The summed E-state index contributed by atoms with van der Waals surface area (Å²) >= 11 is 0. The lowest BCUT2D eigenvalue weighted by atomic mass is 9.63. The van der Waals surface area contributed by atoms with Gasteiger partial charge in [0.15, 0.2) is 0 Å². The second-order valence-electron chi connectivity index (χ2n) is 6.12. The second-order valence-corrected chi connectivity index (χ2v) is 6.12. The second kappa shape index (κ2) is 6.10. The van der Waals surface area contributed by atoms with Crippen LogP contribution in [0, 0.1) is 5.82 Å². The minimum Gasteiger partial charge on any atom is -0.354 e. The molecule has 1 saturated carbocycles. The SMILES string of the molecule is CC(C)(N)CNC(=O)C1(c2cccc(F)c2)CCC1.Cl. The predicted molar refractivity (Wildman–Crippen MR) is 80.5 cm³/mol. The summed E-state index contributed by atoms with van der Waals surface area (Å²) in [5.41, 5.74) is 5.64. The van der Waals surface area contributed by atoms with E-state index in [1.54, 1.807) is 6.07 Å². The van der Waals surface area contributed by atoms with E-state index >= 15 is 0 Å². The molecule has 0 heterocycles. The maximum Gasteiger partial charge on any atom is 0.230 e. The summed E-state index contributed by atoms with van der Waals surface area (Å²) in [5.74, 6) is -0.335. The monoisotopic (exact) mass is 300 g/mol. The first-order chi connectivity index (χ1) is 8.83. The molecule has 3 N–H and O–H groups in total. The quantitative estimate of drug-likeness (QED) is 0.898. The highest BCUT2D eigenvalue weighted by Gasteiger charge is 2.45. The van der Waals surface area contributed by atoms with Crippen LogP contribution < -0.4 is 11.1 Å². The van der Waals surface area contributed by atoms with Crippen LogP contribution in [0.15, 0.2) is 24.3 Å². The molecule has 0 unspecified atom stereocenters. The van der Waals surface area contributed by atoms with Gasteiger partial charge >= 0.3 is 0 Å². The smallest absolute Gasteiger partial charge is 0.230 e. The Balaban J connectivity index is 0.00000200. The number of carbonyl (C=O) groups excluding carboxylic acids is 1. The maximum absolute atomic E-state index is 13.3. The number of hydrogen-bond donors (Lipinski definition) is 2. The Labute approximate surface area is 125 Å². The van der Waals surface area contributed by atoms with Gasteiger partial charge < -0.3 is 11.1 Å². The molecule has 0 atom stereocenters. The number of halogens is 2. The van der Waals surface area contributed by atoms with Crippen molar-refractivity contribution in [1.82, 2.24) is 5.32 Å². The van der Waals surface area contributed by atoms with Gasteiger partial charge in [-0.15, -0.1) is 12.4 Å². The first-order valence-electron chi connectivity index (χ1n) is 6.67. The minimum atomic E-state index is -0.562. The molecule has 0 spiro atoms. The Morgan fingerprint density at radius 3 is 2.55 bits per heavy atom. The molecular formula is C15H22ClFN2O. The van der Waals surface area contributed by atoms with Crippen molar-refractivity contribution in [3.63, 3.8) is 0 Å². The van der Waals surface area contributed by atoms with Gasteiger partial charge in [0.1, 0.15) is 5.82 Å². The largest absolute Gasteiger partial charge is 0.354 e. The fourth-order valence-corrected chi connectivity index (χ4v) is 2.44. The maximum atomic E-state index is 13.3. The van der Waals surface area contributed by atoms with Crippen molar-refractivity contribution in [1.29, 1.82) is 0 Å². The number of benzene rings is 1. The van der Waals surface area contributed by atoms with Crippen LogP contribution in [0.4, 0.5) is 4.39 Å². The van der Waals surface area contributed by atoms with Gasteiger partial charge in [-0.3, -0.25) is 4.79 Å². The number of hydrogen-bond acceptors (Lipinski definition) is 2. The molecule has 0 bridgehead atoms. The number of carbonyl (C=O) groups is 1. The summed E-state index contributed by atoms with van der Waals surface area (Å²) < 4.78 is 13.3. The fraction of sp³-hybridized carbons (Fsp3) is 0.533. The highest BCUT2D eigenvalue weighted by molar-refractivity contribution is 5.89. The molecule has 0 aromatic heterocycles. The van der Waals surface area contributed by atoms with Crippen LogP contribution in [0.2, 0.25) is 0 Å². The van der Waals surface area contributed by atoms with Crippen LogP contribution in [0.1, 0.15) is 38.7 Å². The average molecular weight is 301 g/mol. The highest BCUT2D eigenvalue weighted by Crippen LogP contribution is 2.44. The van der Waals surface area contributed by atoms with Crippen molar-refractivity contribution in [3.05, 3.63) is 35.6 Å². The normalized spacial score (nSPS) is 16.8. The minimum absolute atomic E-state index is 0. The van der Waals surface area contributed by atoms with Gasteiger partial charge in [-0.25, -0.2) is 4.39 Å². The van der Waals surface area contributed by atoms with Crippen LogP contribution in [0.25, 0.3) is 0 Å². The van der Waals surface area contributed by atoms with Gasteiger partial charge in [0.25, 0.3) is 0 Å². The van der Waals surface area contributed by atoms with Crippen molar-refractivity contribution >= 4 is 18.3 Å². The molecule has 0 aliphatic heterocycles. The van der Waals surface area contributed by atoms with E-state index in [0.29, 0.717) is 6.54 Å². The Hall–Kier alpha value is -1.13. The average Bonchev–Trinajstić information content (AvgIpc) is 2.24. The molecule has 20 heavy (non-hydrogen) atoms. The van der Waals surface area contributed by atoms with Gasteiger partial charge in [-0.2, -0.15) is 0 Å². The fourth-order valence-electron chi connectivity index (χ4n) is 2.44. The summed E-state index contributed by atoms with van der Waals surface area (Å²) in [6.45, 7) is 4.15. The predicted octanol–water partition coefficient (Wildman–Crippen LogP) is 2.52. The van der Waals surface area contributed by atoms with Crippen LogP contribution >= 0.6 is 12.4 Å². The van der Waals surface area contributed by atoms with E-state index in [-0.39, 0.29) is 24.1 Å². The van der Waals surface area contributed by atoms with E-state index in [1.165, 1.54) is 12.1 Å². The zero-order valence-corrected chi connectivity index (χ0v) is 12.7. The third-order valence-corrected chi connectivity index (χ3v) is 3.72. The van der Waals surface area contributed by atoms with E-state index in [4.69, 9.17) is 5.73 Å². The third-order valence-electron chi connectivity index (χ3n) is 3.72. The summed E-state index contributed by atoms with van der Waals surface area (Å²) in [6.07, 6.45) is 2.54. The highest BCUT2D eigenvalue weighted by atomic mass is 35.5. The molecule has 112 valence electrons. The van der Waals surface area contributed by atoms with Crippen LogP contribution in [0.5, 0.6) is 0 Å². The molecule has 1 fully saturated rings. The van der Waals surface area contributed by atoms with Gasteiger partial charge in [0.2, 0.25) is 5.91 Å². The summed E-state index contributed by atoms with van der Waals surface area (Å²) in [4.78, 5) is 12.4. The Kier molecular flexibility index (Phi) is 5.16. The van der Waals surface area contributed by atoms with E-state index in [0.717, 1.165) is 24.8 Å². The molecule has 0 radical (unpaired) electrons. The van der Waals surface area contributed by atoms with Crippen LogP contribution in [-0.2, 0) is 10.2 Å². The van der Waals surface area contributed by atoms with E-state index < -0.39 is 11.0 Å². The summed E-state index contributed by atoms with van der Waals surface area (Å²) in [6, 6.07) is 6.35. The Morgan fingerprint density at radius 2 is 2.10 bits per heavy atom. The molecule has 5 heteroatoms. The lowest BCUT2D eigenvalue weighted by Crippen LogP contribution is -2.53. The zero-order chi connectivity index (χ0) is 14.1. The number of rotatable bonds is 4. The third kappa shape index (κ3) is 3.49. The number of amides is 1. The summed E-state index contributed by atoms with van der Waals surface area (Å²) in [7, 11) is 0. The topological polar surface area (TPSA) is 55.1 Å². The molecule has 1 amide bonds. The van der Waals surface area contributed by atoms with Gasteiger partial charge in [-0.05, 0) is 44.4 Å². The molecule has 0 saturated heterocycles. The van der Waals surface area contributed by atoms with E-state index in [2.05, 4.69) is 5.32 Å². The first kappa shape index (κ1) is 16.9. The van der Waals surface area contributed by atoms with Crippen molar-refractivity contribution in [2.45, 2.75) is 44.1 Å². The standard InChI is InChI=1S/C15H21FN2O.ClH/c1-14(2,17)10-18-13(19)15(7-4-8-15)11-5-3-6-12(16)9-11;/h3,5-6,9H,4,7-8,10,17H2,1-2H3,(H,18,19);1H. The van der Waals surface area contributed by atoms with E-state index in [1.807, 2.05) is 19.9 Å². The molecule has 1 aromatic rings. The Bertz CT molecular complexity index is 481. The molecule has 1 aliphatic rings. The molecule has 1 aromatic carbocycles. The van der Waals surface area contributed by atoms with E-state index in [9.17, 15) is 9.18 Å². The van der Waals surface area contributed by atoms with Gasteiger partial charge in [0.05, 0.1) is 5.41 Å². The van der Waals surface area contributed by atoms with Crippen molar-refractivity contribution in [2.24, 2.45) is 5.73 Å². The van der Waals surface area contributed by atoms with Crippen LogP contribution in [-0.4, -0.2) is 18.0 Å². The van der Waals surface area contributed by atoms with Gasteiger partial charge in [0, 0.05) is 12.1 Å². The lowest BCUT2D eigenvalue weighted by molar-refractivity contribution is -0.130. The van der Waals surface area contributed by atoms with Crippen molar-refractivity contribution in [3.8, 4) is 0 Å². The van der Waals surface area contributed by atoms with Crippen molar-refractivity contribution < 1.29 is 9.18 Å². The molecule has 1 aliphatic carbocycles. The Morgan fingerprint density at radius 1 is 1.45 bits per heavy atom. The first-order valence-corrected chi connectivity index (χ1v) is 6.67. The molecule has 3 nitrogen and oxygen atoms in total. The number of nitrogens with one attached hydrogen (secondary N) is 1. The van der Waals surface area contributed by atoms with Crippen LogP contribution in [0.3, 0.4) is 0 Å². The molecule has 2 rings (SSSR count). The summed E-state index contributed by atoms with van der Waals surface area (Å²) in [5, 5.41) is 2.90. The van der Waals surface area contributed by atoms with Crippen molar-refractivity contribution in [2.75, 3.05) is 6.54 Å². The number of nitrogens with two attached hydrogens (primary N) is 1. The van der Waals surface area contributed by atoms with Gasteiger partial charge in [-0.1, -0.05) is 18.6 Å². The zero-order valence-electron chi connectivity index (χ0n) is 11.9.